The first kappa shape index (κ1) is 68.4. The van der Waals surface area contributed by atoms with Gasteiger partial charge in [-0.2, -0.15) is 0 Å². The molecule has 23 nitrogen and oxygen atoms in total. The first-order valence-electron chi connectivity index (χ1n) is 28.3. The maximum absolute atomic E-state index is 15.7. The molecule has 0 unspecified atom stereocenters. The number of carbonyl (C=O) groups excluding carboxylic acids is 6. The second-order valence-electron chi connectivity index (χ2n) is 23.7. The zero-order chi connectivity index (χ0) is 60.2. The summed E-state index contributed by atoms with van der Waals surface area (Å²) in [5.41, 5.74) is -1.60. The summed E-state index contributed by atoms with van der Waals surface area (Å²) in [4.78, 5) is 92.6. The number of amides is 1. The summed E-state index contributed by atoms with van der Waals surface area (Å²) in [6, 6.07) is -0.00540. The molecular weight excluding hydrogens is 1050 g/mol. The van der Waals surface area contributed by atoms with E-state index in [1.54, 1.807) is 41.5 Å². The van der Waals surface area contributed by atoms with E-state index in [4.69, 9.17) is 66.4 Å². The van der Waals surface area contributed by atoms with Gasteiger partial charge in [0, 0.05) is 91.8 Å². The minimum absolute atomic E-state index is 0.00199. The summed E-state index contributed by atoms with van der Waals surface area (Å²) in [5.74, 6) is -8.73. The van der Waals surface area contributed by atoms with E-state index < -0.39 is 157 Å². The number of nitrogens with zero attached hydrogens (tertiary/aromatic N) is 3. The van der Waals surface area contributed by atoms with Crippen molar-refractivity contribution in [1.82, 2.24) is 9.80 Å². The van der Waals surface area contributed by atoms with Crippen molar-refractivity contribution in [1.29, 1.82) is 0 Å². The first-order chi connectivity index (χ1) is 37.4. The lowest BCUT2D eigenvalue weighted by Gasteiger charge is -2.45. The predicted molar refractivity (Wildman–Crippen MR) is 290 cm³/mol. The number of rotatable bonds is 17. The fourth-order valence-electron chi connectivity index (χ4n) is 11.7. The van der Waals surface area contributed by atoms with Gasteiger partial charge in [0.05, 0.1) is 49.0 Å². The third kappa shape index (κ3) is 18.0. The highest BCUT2D eigenvalue weighted by molar-refractivity contribution is 5.92. The summed E-state index contributed by atoms with van der Waals surface area (Å²) in [6.07, 6.45) is -13.3. The summed E-state index contributed by atoms with van der Waals surface area (Å²) in [5, 5.41) is 4.21. The minimum atomic E-state index is -1.94. The Morgan fingerprint density at radius 3 is 1.96 bits per heavy atom. The Kier molecular flexibility index (Phi) is 26.1. The Morgan fingerprint density at radius 2 is 1.39 bits per heavy atom. The summed E-state index contributed by atoms with van der Waals surface area (Å²) in [7, 11) is 9.28. The van der Waals surface area contributed by atoms with Crippen molar-refractivity contribution in [2.75, 3.05) is 55.6 Å². The number of cyclic esters (lactones) is 1. The van der Waals surface area contributed by atoms with Crippen LogP contribution >= 0.6 is 0 Å². The van der Waals surface area contributed by atoms with Crippen LogP contribution in [0.2, 0.25) is 0 Å². The highest BCUT2D eigenvalue weighted by atomic mass is 16.7. The number of hydrogen-bond acceptors (Lipinski definition) is 22. The van der Waals surface area contributed by atoms with Gasteiger partial charge in [0.2, 0.25) is 6.29 Å². The molecule has 4 saturated heterocycles. The summed E-state index contributed by atoms with van der Waals surface area (Å²) < 4.78 is 82.5. The second-order valence-corrected chi connectivity index (χ2v) is 23.7. The van der Waals surface area contributed by atoms with Crippen LogP contribution in [-0.4, -0.2) is 205 Å². The van der Waals surface area contributed by atoms with E-state index in [9.17, 15) is 19.2 Å². The minimum Gasteiger partial charge on any atom is -0.461 e. The number of hydrogen-bond donors (Lipinski definition) is 0. The Morgan fingerprint density at radius 1 is 0.750 bits per heavy atom. The maximum atomic E-state index is 15.7. The molecule has 1 amide bonds. The largest absolute Gasteiger partial charge is 0.461 e. The molecule has 0 aromatic rings. The van der Waals surface area contributed by atoms with Crippen LogP contribution in [0.15, 0.2) is 5.16 Å². The topological polar surface area (TPSA) is 250 Å². The molecule has 22 atom stereocenters. The number of ether oxygens (including phenoxy) is 13. The van der Waals surface area contributed by atoms with E-state index in [1.807, 2.05) is 41.7 Å². The number of oxime groups is 1. The molecule has 0 radical (unpaired) electrons. The molecule has 0 bridgehead atoms. The molecule has 23 heteroatoms. The van der Waals surface area contributed by atoms with Crippen LogP contribution in [0.5, 0.6) is 0 Å². The molecule has 4 aliphatic rings. The Hall–Kier alpha value is -4.07. The fourth-order valence-corrected chi connectivity index (χ4v) is 11.7. The van der Waals surface area contributed by atoms with E-state index in [-0.39, 0.29) is 43.9 Å². The third-order valence-corrected chi connectivity index (χ3v) is 15.8. The summed E-state index contributed by atoms with van der Waals surface area (Å²) in [6.45, 7) is 26.3. The molecule has 4 fully saturated rings. The van der Waals surface area contributed by atoms with E-state index in [0.29, 0.717) is 18.7 Å². The van der Waals surface area contributed by atoms with E-state index >= 15 is 9.59 Å². The number of ketones is 1. The Bertz CT molecular complexity index is 2080. The van der Waals surface area contributed by atoms with Crippen LogP contribution in [0, 0.1) is 41.4 Å². The SMILES string of the molecule is CON=C1C[C@@H](C)O[C@@H](O[C@@H]2[C@@H](C)[C@H](O[C@H]3C[C@@H](C)N(C)C[C@H](C)O3)[C@@H](C)C(=O)O[C@H]([C@@H](C)CO[C@@H]3O[C@H](C)[C@@H](OC(C)=O)[C@@H](OC)[C@H]3OC)[C@H](C)[C@@H](OC(=O)CC(C)C)[C@@H](C)C(=O)[C@@](C)(OC(=O)N(C)C)C[C@@H]2C)[C@@H]1OC(C)=O. The van der Waals surface area contributed by atoms with Gasteiger partial charge < -0.3 is 76.2 Å². The molecule has 0 N–H and O–H groups in total. The Balaban J connectivity index is 2.00. The number of Topliss-reactive ketones (excluding diaryl/α,β-unsaturated/α-hetero) is 1. The highest BCUT2D eigenvalue weighted by Crippen LogP contribution is 2.41. The average molecular weight is 1140 g/mol. The molecule has 0 aromatic heterocycles. The van der Waals surface area contributed by atoms with Crippen molar-refractivity contribution in [2.24, 2.45) is 46.6 Å². The number of esters is 4. The van der Waals surface area contributed by atoms with E-state index in [0.717, 1.165) is 0 Å². The lowest BCUT2D eigenvalue weighted by atomic mass is 9.74. The monoisotopic (exact) mass is 1140 g/mol. The first-order valence-corrected chi connectivity index (χ1v) is 28.3. The van der Waals surface area contributed by atoms with Crippen LogP contribution < -0.4 is 0 Å². The molecule has 0 aliphatic carbocycles. The molecule has 4 aliphatic heterocycles. The molecule has 4 rings (SSSR count). The lowest BCUT2D eigenvalue weighted by Crippen LogP contribution is -2.60. The van der Waals surface area contributed by atoms with Crippen molar-refractivity contribution in [3.8, 4) is 0 Å². The normalized spacial score (nSPS) is 39.0. The average Bonchev–Trinajstić information content (AvgIpc) is 3.48. The molecule has 0 saturated carbocycles. The van der Waals surface area contributed by atoms with Gasteiger partial charge in [-0.3, -0.25) is 24.0 Å². The molecular formula is C57H97N3O20. The third-order valence-electron chi connectivity index (χ3n) is 15.8. The van der Waals surface area contributed by atoms with Crippen molar-refractivity contribution in [3.05, 3.63) is 0 Å². The Labute approximate surface area is 474 Å². The van der Waals surface area contributed by atoms with Crippen molar-refractivity contribution < 1.29 is 95.2 Å². The van der Waals surface area contributed by atoms with Crippen molar-refractivity contribution >= 4 is 41.5 Å². The predicted octanol–water partition coefficient (Wildman–Crippen LogP) is 6.12. The van der Waals surface area contributed by atoms with Crippen LogP contribution in [0.25, 0.3) is 0 Å². The van der Waals surface area contributed by atoms with E-state index in [2.05, 4.69) is 17.0 Å². The van der Waals surface area contributed by atoms with Crippen LogP contribution in [0.1, 0.15) is 130 Å². The molecule has 0 aromatic carbocycles. The van der Waals surface area contributed by atoms with Crippen molar-refractivity contribution in [3.63, 3.8) is 0 Å². The van der Waals surface area contributed by atoms with Gasteiger partial charge in [-0.15, -0.1) is 0 Å². The molecule has 4 heterocycles. The molecule has 460 valence electrons. The quantitative estimate of drug-likeness (QED) is 0.0903. The zero-order valence-electron chi connectivity index (χ0n) is 51.5. The summed E-state index contributed by atoms with van der Waals surface area (Å²) >= 11 is 0. The smallest absolute Gasteiger partial charge is 0.410 e. The van der Waals surface area contributed by atoms with Crippen molar-refractivity contribution in [2.45, 2.75) is 227 Å². The van der Waals surface area contributed by atoms with Gasteiger partial charge in [0.1, 0.15) is 37.2 Å². The van der Waals surface area contributed by atoms with Crippen LogP contribution in [0.3, 0.4) is 0 Å². The van der Waals surface area contributed by atoms with E-state index in [1.165, 1.54) is 61.1 Å². The van der Waals surface area contributed by atoms with Gasteiger partial charge >= 0.3 is 30.0 Å². The number of methoxy groups -OCH3 is 2. The standard InChI is InChI=1S/C57H97N3O20/c1-28(2)22-42(63)76-46-35(9)45(30(4)27-70-54-51(68-20)50(67-19)48(38(12)73-54)74-39(13)61)78-53(65)37(11)47(77-43-23-31(5)60(18)26-33(7)71-43)34(8)44(29(3)25-57(15,52(64)36(46)10)80-56(66)59(16)17)79-55-49(75-40(14)62)41(58-69-21)24-32(6)72-55/h28-38,43-51,54-55H,22-27H2,1-21H3/t29-,30-,31+,32+,33-,34+,35-,36+,37+,38+,43-,44-,45+,46+,47-,48+,49+,50+,51+,54+,55-,57-/m0/s1. The van der Waals surface area contributed by atoms with Gasteiger partial charge in [0.15, 0.2) is 36.2 Å². The zero-order valence-corrected chi connectivity index (χ0v) is 51.5. The molecule has 80 heavy (non-hydrogen) atoms. The van der Waals surface area contributed by atoms with Crippen LogP contribution in [-0.2, 0) is 90.4 Å². The number of likely N-dealkylation sites (N-methyl/N-ethyl adjacent to an activating group) is 1. The van der Waals surface area contributed by atoms with Gasteiger partial charge in [0.25, 0.3) is 0 Å². The maximum Gasteiger partial charge on any atom is 0.410 e. The fraction of sp³-hybridized carbons (Fsp3) is 0.877. The van der Waals surface area contributed by atoms with Gasteiger partial charge in [-0.1, -0.05) is 53.6 Å². The van der Waals surface area contributed by atoms with Gasteiger partial charge in [-0.25, -0.2) is 4.79 Å². The number of carbonyl (C=O) groups is 6. The lowest BCUT2D eigenvalue weighted by molar-refractivity contribution is -0.307. The molecule has 0 spiro atoms. The second kappa shape index (κ2) is 30.5. The van der Waals surface area contributed by atoms with Gasteiger partial charge in [-0.05, 0) is 66.8 Å². The van der Waals surface area contributed by atoms with Crippen LogP contribution in [0.4, 0.5) is 4.79 Å². The highest BCUT2D eigenvalue weighted by Gasteiger charge is 2.53.